The Labute approximate surface area is 117 Å². The van der Waals surface area contributed by atoms with Crippen LogP contribution in [0.4, 0.5) is 0 Å². The van der Waals surface area contributed by atoms with Crippen molar-refractivity contribution in [2.24, 2.45) is 5.11 Å². The van der Waals surface area contributed by atoms with Crippen molar-refractivity contribution in [3.8, 4) is 0 Å². The van der Waals surface area contributed by atoms with Crippen LogP contribution in [0.3, 0.4) is 0 Å². The molecule has 0 saturated carbocycles. The van der Waals surface area contributed by atoms with Gasteiger partial charge in [-0.1, -0.05) is 42.0 Å². The Bertz CT molecular complexity index is 500. The Morgan fingerprint density at radius 3 is 2.85 bits per heavy atom. The first-order chi connectivity index (χ1) is 9.74. The zero-order valence-electron chi connectivity index (χ0n) is 11.3. The summed E-state index contributed by atoms with van der Waals surface area (Å²) in [5.74, 6) is 0.427. The second kappa shape index (κ2) is 6.96. The molecule has 0 aliphatic carbocycles. The van der Waals surface area contributed by atoms with Crippen LogP contribution in [-0.2, 0) is 20.8 Å². The summed E-state index contributed by atoms with van der Waals surface area (Å²) in [7, 11) is 1.54. The maximum atomic E-state index is 8.66. The van der Waals surface area contributed by atoms with Crippen LogP contribution in [0.2, 0.25) is 0 Å². The average Bonchev–Trinajstić information content (AvgIpc) is 2.47. The largest absolute Gasteiger partial charge is 0.467 e. The van der Waals surface area contributed by atoms with Crippen molar-refractivity contribution < 1.29 is 14.2 Å². The van der Waals surface area contributed by atoms with Gasteiger partial charge in [0.25, 0.3) is 0 Å². The number of azide groups is 1. The molecule has 1 aliphatic rings. The van der Waals surface area contributed by atoms with Gasteiger partial charge >= 0.3 is 0 Å². The molecule has 1 aromatic carbocycles. The number of methoxy groups -OCH3 is 1. The maximum absolute atomic E-state index is 8.66. The minimum absolute atomic E-state index is 0.380. The van der Waals surface area contributed by atoms with E-state index in [9.17, 15) is 0 Å². The van der Waals surface area contributed by atoms with Gasteiger partial charge in [-0.3, -0.25) is 0 Å². The summed E-state index contributed by atoms with van der Waals surface area (Å²) in [6.07, 6.45) is -0.467. The van der Waals surface area contributed by atoms with Crippen LogP contribution in [0.25, 0.3) is 10.4 Å². The lowest BCUT2D eigenvalue weighted by Gasteiger charge is -2.34. The van der Waals surface area contributed by atoms with Crippen LogP contribution in [-0.4, -0.2) is 25.5 Å². The summed E-state index contributed by atoms with van der Waals surface area (Å²) in [6, 6.07) is 9.38. The molecule has 0 aromatic heterocycles. The Morgan fingerprint density at radius 2 is 2.20 bits per heavy atom. The first kappa shape index (κ1) is 14.4. The maximum Gasteiger partial charge on any atom is 0.199 e. The Balaban J connectivity index is 2.03. The van der Waals surface area contributed by atoms with Gasteiger partial charge in [0.1, 0.15) is 11.9 Å². The Morgan fingerprint density at radius 1 is 1.45 bits per heavy atom. The average molecular weight is 275 g/mol. The van der Waals surface area contributed by atoms with Crippen LogP contribution in [0, 0.1) is 0 Å². The number of hydrogen-bond acceptors (Lipinski definition) is 4. The molecule has 106 valence electrons. The first-order valence-electron chi connectivity index (χ1n) is 6.32. The molecule has 0 unspecified atom stereocenters. The first-order valence-corrected chi connectivity index (χ1v) is 6.32. The lowest BCUT2D eigenvalue weighted by molar-refractivity contribution is -0.153. The predicted octanol–water partition coefficient (Wildman–Crippen LogP) is 3.16. The Kier molecular flexibility index (Phi) is 5.01. The van der Waals surface area contributed by atoms with Crippen LogP contribution >= 0.6 is 0 Å². The fourth-order valence-corrected chi connectivity index (χ4v) is 2.10. The standard InChI is InChI=1S/C14H17N3O3/c1-10-14(19-9-11-6-4-3-5-7-11)12(16-17-15)8-13(18-2)20-10/h3-7,12-14H,1,8-9H2,2H3/t12-,13+,14-/m1/s1. The second-order valence-corrected chi connectivity index (χ2v) is 4.47. The summed E-state index contributed by atoms with van der Waals surface area (Å²) in [5.41, 5.74) is 9.69. The number of nitrogens with zero attached hydrogens (tertiary/aromatic N) is 3. The predicted molar refractivity (Wildman–Crippen MR) is 73.6 cm³/mol. The number of rotatable bonds is 5. The topological polar surface area (TPSA) is 76.5 Å². The quantitative estimate of drug-likeness (QED) is 0.470. The summed E-state index contributed by atoms with van der Waals surface area (Å²) >= 11 is 0. The molecule has 6 nitrogen and oxygen atoms in total. The van der Waals surface area contributed by atoms with Crippen molar-refractivity contribution in [3.05, 3.63) is 58.7 Å². The molecule has 6 heteroatoms. The van der Waals surface area contributed by atoms with E-state index in [-0.39, 0.29) is 6.04 Å². The lowest BCUT2D eigenvalue weighted by atomic mass is 10.0. The van der Waals surface area contributed by atoms with Crippen LogP contribution in [0.15, 0.2) is 47.8 Å². The SMILES string of the molecule is C=C1O[C@H](OC)C[C@@H](N=[N+]=[N-])[C@@H]1OCc1ccccc1. The molecule has 0 radical (unpaired) electrons. The van der Waals surface area contributed by atoms with E-state index in [1.54, 1.807) is 0 Å². The summed E-state index contributed by atoms with van der Waals surface area (Å²) in [4.78, 5) is 2.86. The molecule has 1 saturated heterocycles. The lowest BCUT2D eigenvalue weighted by Crippen LogP contribution is -2.40. The highest BCUT2D eigenvalue weighted by molar-refractivity contribution is 5.14. The highest BCUT2D eigenvalue weighted by Gasteiger charge is 2.35. The molecule has 1 aromatic rings. The van der Waals surface area contributed by atoms with E-state index in [0.717, 1.165) is 5.56 Å². The van der Waals surface area contributed by atoms with Gasteiger partial charge in [-0.25, -0.2) is 0 Å². The molecular formula is C14H17N3O3. The molecular weight excluding hydrogens is 258 g/mol. The summed E-state index contributed by atoms with van der Waals surface area (Å²) < 4.78 is 16.4. The van der Waals surface area contributed by atoms with Crippen molar-refractivity contribution in [2.75, 3.05) is 7.11 Å². The third kappa shape index (κ3) is 3.51. The molecule has 1 heterocycles. The van der Waals surface area contributed by atoms with Gasteiger partial charge in [-0.05, 0) is 11.1 Å². The zero-order chi connectivity index (χ0) is 14.4. The molecule has 0 amide bonds. The minimum atomic E-state index is -0.461. The van der Waals surface area contributed by atoms with Crippen molar-refractivity contribution in [1.82, 2.24) is 0 Å². The van der Waals surface area contributed by atoms with E-state index in [0.29, 0.717) is 18.8 Å². The van der Waals surface area contributed by atoms with Gasteiger partial charge in [0.15, 0.2) is 6.29 Å². The van der Waals surface area contributed by atoms with Gasteiger partial charge in [0.05, 0.1) is 12.6 Å². The van der Waals surface area contributed by atoms with E-state index in [2.05, 4.69) is 16.6 Å². The van der Waals surface area contributed by atoms with E-state index in [1.165, 1.54) is 7.11 Å². The Hall–Kier alpha value is -2.01. The minimum Gasteiger partial charge on any atom is -0.467 e. The van der Waals surface area contributed by atoms with Crippen molar-refractivity contribution in [3.63, 3.8) is 0 Å². The van der Waals surface area contributed by atoms with Crippen LogP contribution in [0.1, 0.15) is 12.0 Å². The molecule has 1 fully saturated rings. The smallest absolute Gasteiger partial charge is 0.199 e. The van der Waals surface area contributed by atoms with Crippen LogP contribution in [0.5, 0.6) is 0 Å². The fourth-order valence-electron chi connectivity index (χ4n) is 2.10. The molecule has 20 heavy (non-hydrogen) atoms. The summed E-state index contributed by atoms with van der Waals surface area (Å²) in [5, 5.41) is 3.76. The zero-order valence-corrected chi connectivity index (χ0v) is 11.3. The number of hydrogen-bond donors (Lipinski definition) is 0. The third-order valence-corrected chi connectivity index (χ3v) is 3.12. The summed E-state index contributed by atoms with van der Waals surface area (Å²) in [6.45, 7) is 4.23. The van der Waals surface area contributed by atoms with Crippen molar-refractivity contribution in [2.45, 2.75) is 31.5 Å². The monoisotopic (exact) mass is 275 g/mol. The van der Waals surface area contributed by atoms with Gasteiger partial charge in [-0.2, -0.15) is 0 Å². The van der Waals surface area contributed by atoms with Gasteiger partial charge in [-0.15, -0.1) is 0 Å². The van der Waals surface area contributed by atoms with Gasteiger partial charge in [0.2, 0.25) is 0 Å². The van der Waals surface area contributed by atoms with Crippen LogP contribution < -0.4 is 0 Å². The molecule has 0 bridgehead atoms. The number of ether oxygens (including phenoxy) is 3. The number of benzene rings is 1. The second-order valence-electron chi connectivity index (χ2n) is 4.47. The van der Waals surface area contributed by atoms with E-state index >= 15 is 0 Å². The highest BCUT2D eigenvalue weighted by atomic mass is 16.7. The molecule has 0 spiro atoms. The molecule has 2 rings (SSSR count). The van der Waals surface area contributed by atoms with Crippen molar-refractivity contribution in [1.29, 1.82) is 0 Å². The van der Waals surface area contributed by atoms with Gasteiger partial charge in [0, 0.05) is 18.4 Å². The van der Waals surface area contributed by atoms with E-state index in [4.69, 9.17) is 19.7 Å². The molecule has 0 N–H and O–H groups in total. The van der Waals surface area contributed by atoms with Crippen molar-refractivity contribution >= 4 is 0 Å². The van der Waals surface area contributed by atoms with E-state index in [1.807, 2.05) is 30.3 Å². The molecule has 3 atom stereocenters. The molecule has 1 aliphatic heterocycles. The normalized spacial score (nSPS) is 25.6. The van der Waals surface area contributed by atoms with E-state index < -0.39 is 12.4 Å². The third-order valence-electron chi connectivity index (χ3n) is 3.12. The fraction of sp³-hybridized carbons (Fsp3) is 0.429. The highest BCUT2D eigenvalue weighted by Crippen LogP contribution is 2.28. The van der Waals surface area contributed by atoms with Gasteiger partial charge < -0.3 is 14.2 Å².